The summed E-state index contributed by atoms with van der Waals surface area (Å²) in [5.41, 5.74) is 16.0. The van der Waals surface area contributed by atoms with E-state index in [-0.39, 0.29) is 0 Å². The predicted molar refractivity (Wildman–Crippen MR) is 258 cm³/mol. The van der Waals surface area contributed by atoms with Crippen molar-refractivity contribution in [2.24, 2.45) is 0 Å². The van der Waals surface area contributed by atoms with Crippen LogP contribution in [-0.2, 0) is 0 Å². The highest BCUT2D eigenvalue weighted by Gasteiger charge is 2.16. The largest absolute Gasteiger partial charge is 0.456 e. The van der Waals surface area contributed by atoms with Crippen LogP contribution in [0.4, 0.5) is 17.1 Å². The number of hydrogen-bond acceptors (Lipinski definition) is 2. The summed E-state index contributed by atoms with van der Waals surface area (Å²) in [6.45, 7) is 2.14. The summed E-state index contributed by atoms with van der Waals surface area (Å²) in [5, 5.41) is 6.15. The van der Waals surface area contributed by atoms with Crippen molar-refractivity contribution in [3.63, 3.8) is 0 Å². The number of benzene rings is 10. The van der Waals surface area contributed by atoms with Gasteiger partial charge in [0.2, 0.25) is 0 Å². The monoisotopic (exact) mass is 779 g/mol. The fourth-order valence-corrected chi connectivity index (χ4v) is 8.82. The smallest absolute Gasteiger partial charge is 0.138 e. The van der Waals surface area contributed by atoms with Crippen LogP contribution < -0.4 is 4.90 Å². The van der Waals surface area contributed by atoms with E-state index < -0.39 is 0 Å². The number of hydrogen-bond donors (Lipinski definition) is 0. The molecule has 1 heterocycles. The summed E-state index contributed by atoms with van der Waals surface area (Å²) in [7, 11) is 0. The highest BCUT2D eigenvalue weighted by Crippen LogP contribution is 2.40. The van der Waals surface area contributed by atoms with Crippen molar-refractivity contribution in [1.29, 1.82) is 0 Å². The summed E-state index contributed by atoms with van der Waals surface area (Å²) in [6, 6.07) is 83.0. The Morgan fingerprint density at radius 3 is 1.36 bits per heavy atom. The number of para-hydroxylation sites is 1. The number of furan rings is 1. The molecule has 0 aliphatic carbocycles. The molecule has 0 unspecified atom stereocenters. The molecule has 0 fully saturated rings. The molecule has 10 aromatic carbocycles. The second kappa shape index (κ2) is 15.3. The van der Waals surface area contributed by atoms with Gasteiger partial charge in [-0.2, -0.15) is 0 Å². The first-order valence-electron chi connectivity index (χ1n) is 20.9. The highest BCUT2D eigenvalue weighted by molar-refractivity contribution is 6.08. The molecular weight excluding hydrogens is 739 g/mol. The third-order valence-corrected chi connectivity index (χ3v) is 12.1. The number of nitrogens with zero attached hydrogens (tertiary/aromatic N) is 1. The van der Waals surface area contributed by atoms with Crippen molar-refractivity contribution in [3.05, 3.63) is 236 Å². The second-order valence-corrected chi connectivity index (χ2v) is 15.8. The fraction of sp³-hybridized carbons (Fsp3) is 0.0169. The number of fused-ring (bicyclic) bond motifs is 4. The van der Waals surface area contributed by atoms with Crippen molar-refractivity contribution in [1.82, 2.24) is 0 Å². The maximum Gasteiger partial charge on any atom is 0.138 e. The first kappa shape index (κ1) is 36.2. The Morgan fingerprint density at radius 2 is 0.738 bits per heavy atom. The number of rotatable bonds is 8. The average molecular weight is 780 g/mol. The minimum absolute atomic E-state index is 0.920. The van der Waals surface area contributed by atoms with Crippen molar-refractivity contribution >= 4 is 49.6 Å². The molecule has 0 aliphatic rings. The molecule has 288 valence electrons. The Kier molecular flexibility index (Phi) is 9.09. The SMILES string of the molecule is Cc1c(-c2cccc(-c3ccc(-c4ccc(N(c5ccc(-c6ccc(-c7ccccc7)cc6)cc5)c5ccc6c(ccc7ccccc76)c5)cc4)cc3)c2)oc2ccccc12. The molecule has 11 aromatic rings. The molecule has 2 heteroatoms. The van der Waals surface area contributed by atoms with E-state index in [9.17, 15) is 0 Å². The first-order valence-corrected chi connectivity index (χ1v) is 20.9. The van der Waals surface area contributed by atoms with Gasteiger partial charge in [0, 0.05) is 33.6 Å². The number of aryl methyl sites for hydroxylation is 1. The minimum atomic E-state index is 0.920. The van der Waals surface area contributed by atoms with Gasteiger partial charge in [-0.1, -0.05) is 182 Å². The molecule has 0 spiro atoms. The molecule has 0 saturated heterocycles. The molecule has 0 amide bonds. The zero-order chi connectivity index (χ0) is 40.7. The zero-order valence-electron chi connectivity index (χ0n) is 33.8. The van der Waals surface area contributed by atoms with E-state index in [1.54, 1.807) is 0 Å². The maximum absolute atomic E-state index is 6.31. The Balaban J connectivity index is 0.905. The van der Waals surface area contributed by atoms with Gasteiger partial charge in [-0.15, -0.1) is 0 Å². The average Bonchev–Trinajstić information content (AvgIpc) is 3.68. The van der Waals surface area contributed by atoms with E-state index in [2.05, 4.69) is 230 Å². The van der Waals surface area contributed by atoms with Gasteiger partial charge < -0.3 is 9.32 Å². The van der Waals surface area contributed by atoms with Gasteiger partial charge in [0.25, 0.3) is 0 Å². The van der Waals surface area contributed by atoms with Gasteiger partial charge in [-0.3, -0.25) is 0 Å². The predicted octanol–water partition coefficient (Wildman–Crippen LogP) is 16.9. The summed E-state index contributed by atoms with van der Waals surface area (Å²) >= 11 is 0. The first-order chi connectivity index (χ1) is 30.1. The van der Waals surface area contributed by atoms with Gasteiger partial charge in [-0.25, -0.2) is 0 Å². The number of anilines is 3. The molecule has 61 heavy (non-hydrogen) atoms. The van der Waals surface area contributed by atoms with E-state index in [0.29, 0.717) is 0 Å². The summed E-state index contributed by atoms with van der Waals surface area (Å²) in [6.07, 6.45) is 0. The maximum atomic E-state index is 6.31. The molecule has 0 saturated carbocycles. The fourth-order valence-electron chi connectivity index (χ4n) is 8.82. The van der Waals surface area contributed by atoms with E-state index >= 15 is 0 Å². The van der Waals surface area contributed by atoms with Crippen molar-refractivity contribution in [3.8, 4) is 55.8 Å². The van der Waals surface area contributed by atoms with Crippen LogP contribution in [0.5, 0.6) is 0 Å². The summed E-state index contributed by atoms with van der Waals surface area (Å²) in [4.78, 5) is 2.36. The second-order valence-electron chi connectivity index (χ2n) is 15.8. The molecule has 0 bridgehead atoms. The van der Waals surface area contributed by atoms with Crippen LogP contribution in [0.15, 0.2) is 235 Å². The molecule has 0 radical (unpaired) electrons. The Morgan fingerprint density at radius 1 is 0.295 bits per heavy atom. The summed E-state index contributed by atoms with van der Waals surface area (Å²) in [5.74, 6) is 0.927. The zero-order valence-corrected chi connectivity index (χ0v) is 33.8. The topological polar surface area (TPSA) is 16.4 Å². The van der Waals surface area contributed by atoms with Gasteiger partial charge in [-0.05, 0) is 122 Å². The Bertz CT molecular complexity index is 3320. The third kappa shape index (κ3) is 6.84. The lowest BCUT2D eigenvalue weighted by Crippen LogP contribution is -2.09. The van der Waals surface area contributed by atoms with Crippen LogP contribution in [0, 0.1) is 6.92 Å². The molecule has 0 N–H and O–H groups in total. The van der Waals surface area contributed by atoms with Crippen molar-refractivity contribution < 1.29 is 4.42 Å². The quantitative estimate of drug-likeness (QED) is 0.143. The van der Waals surface area contributed by atoms with E-state index in [1.165, 1.54) is 66.1 Å². The van der Waals surface area contributed by atoms with Crippen LogP contribution >= 0.6 is 0 Å². The molecule has 2 nitrogen and oxygen atoms in total. The van der Waals surface area contributed by atoms with Gasteiger partial charge in [0.05, 0.1) is 0 Å². The van der Waals surface area contributed by atoms with Gasteiger partial charge in [0.1, 0.15) is 11.3 Å². The molecule has 0 atom stereocenters. The molecule has 11 rings (SSSR count). The lowest BCUT2D eigenvalue weighted by atomic mass is 9.97. The van der Waals surface area contributed by atoms with Crippen LogP contribution in [0.3, 0.4) is 0 Å². The minimum Gasteiger partial charge on any atom is -0.456 e. The normalized spacial score (nSPS) is 11.4. The van der Waals surface area contributed by atoms with Crippen molar-refractivity contribution in [2.75, 3.05) is 4.90 Å². The Labute approximate surface area is 356 Å². The lowest BCUT2D eigenvalue weighted by Gasteiger charge is -2.26. The van der Waals surface area contributed by atoms with Gasteiger partial charge in [0.15, 0.2) is 0 Å². The molecular formula is C59H41NO. The van der Waals surface area contributed by atoms with E-state index in [4.69, 9.17) is 4.42 Å². The van der Waals surface area contributed by atoms with Crippen LogP contribution in [0.2, 0.25) is 0 Å². The van der Waals surface area contributed by atoms with Gasteiger partial charge >= 0.3 is 0 Å². The Hall–Kier alpha value is -7.94. The van der Waals surface area contributed by atoms with E-state index in [1.807, 2.05) is 12.1 Å². The van der Waals surface area contributed by atoms with Crippen LogP contribution in [-0.4, -0.2) is 0 Å². The third-order valence-electron chi connectivity index (χ3n) is 12.1. The van der Waals surface area contributed by atoms with Crippen LogP contribution in [0.1, 0.15) is 5.56 Å². The van der Waals surface area contributed by atoms with Crippen molar-refractivity contribution in [2.45, 2.75) is 6.92 Å². The lowest BCUT2D eigenvalue weighted by molar-refractivity contribution is 0.629. The van der Waals surface area contributed by atoms with Crippen LogP contribution in [0.25, 0.3) is 88.3 Å². The molecule has 1 aromatic heterocycles. The highest BCUT2D eigenvalue weighted by atomic mass is 16.3. The molecule has 0 aliphatic heterocycles. The summed E-state index contributed by atoms with van der Waals surface area (Å²) < 4.78 is 6.31. The standard InChI is InChI=1S/C59H41NO/c1-40-55-15-7-8-17-58(55)61-59(40)51-14-9-13-49(38-51)47-24-22-44(23-25-47)46-30-34-53(35-31-46)60(54-36-37-57-50(39-54)27-26-48-12-5-6-16-56(48)57)52-32-28-45(29-33-52)43-20-18-42(19-21-43)41-10-3-2-4-11-41/h2-39H,1H3. The van der Waals surface area contributed by atoms with E-state index in [0.717, 1.165) is 44.9 Å².